The van der Waals surface area contributed by atoms with Crippen LogP contribution in [0, 0.1) is 0 Å². The Bertz CT molecular complexity index is 953. The SMILES string of the molecule is CCCN(C(=O)c1cc(C(C)C)n2ncnc2n1)C1Cc2ccccc2C1. The average molecular weight is 363 g/mol. The largest absolute Gasteiger partial charge is 0.334 e. The summed E-state index contributed by atoms with van der Waals surface area (Å²) >= 11 is 0. The lowest BCUT2D eigenvalue weighted by atomic mass is 10.1. The van der Waals surface area contributed by atoms with Crippen LogP contribution in [0.5, 0.6) is 0 Å². The predicted molar refractivity (Wildman–Crippen MR) is 104 cm³/mol. The molecule has 2 heterocycles. The Hall–Kier alpha value is -2.76. The molecule has 0 bridgehead atoms. The second-order valence-electron chi connectivity index (χ2n) is 7.52. The standard InChI is InChI=1S/C21H25N5O/c1-4-9-25(17-10-15-7-5-6-8-16(15)11-17)20(27)18-12-19(14(2)3)26-21(24-18)22-13-23-26/h5-8,12-14,17H,4,9-11H2,1-3H3. The van der Waals surface area contributed by atoms with Crippen LogP contribution >= 0.6 is 0 Å². The van der Waals surface area contributed by atoms with Crippen molar-refractivity contribution in [2.24, 2.45) is 0 Å². The van der Waals surface area contributed by atoms with Gasteiger partial charge < -0.3 is 4.90 Å². The van der Waals surface area contributed by atoms with E-state index < -0.39 is 0 Å². The Kier molecular flexibility index (Phi) is 4.64. The lowest BCUT2D eigenvalue weighted by Crippen LogP contribution is -2.42. The molecule has 2 aromatic heterocycles. The molecule has 0 spiro atoms. The molecule has 0 fully saturated rings. The predicted octanol–water partition coefficient (Wildman–Crippen LogP) is 3.27. The summed E-state index contributed by atoms with van der Waals surface area (Å²) in [5, 5.41) is 4.24. The quantitative estimate of drug-likeness (QED) is 0.698. The Balaban J connectivity index is 1.68. The van der Waals surface area contributed by atoms with Gasteiger partial charge in [-0.3, -0.25) is 4.79 Å². The summed E-state index contributed by atoms with van der Waals surface area (Å²) in [6.45, 7) is 7.01. The third kappa shape index (κ3) is 3.20. The van der Waals surface area contributed by atoms with Crippen molar-refractivity contribution in [2.75, 3.05) is 6.54 Å². The van der Waals surface area contributed by atoms with Gasteiger partial charge in [-0.15, -0.1) is 0 Å². The minimum Gasteiger partial charge on any atom is -0.334 e. The van der Waals surface area contributed by atoms with Crippen LogP contribution in [-0.4, -0.2) is 43.0 Å². The van der Waals surface area contributed by atoms with Crippen LogP contribution in [0.4, 0.5) is 0 Å². The maximum absolute atomic E-state index is 13.4. The minimum atomic E-state index is -0.0120. The highest BCUT2D eigenvalue weighted by molar-refractivity contribution is 5.93. The van der Waals surface area contributed by atoms with Crippen LogP contribution in [0.1, 0.15) is 60.4 Å². The summed E-state index contributed by atoms with van der Waals surface area (Å²) in [4.78, 5) is 24.1. The molecule has 0 N–H and O–H groups in total. The highest BCUT2D eigenvalue weighted by Crippen LogP contribution is 2.27. The van der Waals surface area contributed by atoms with Gasteiger partial charge in [0.05, 0.1) is 5.69 Å². The van der Waals surface area contributed by atoms with Gasteiger partial charge in [-0.1, -0.05) is 45.0 Å². The first-order chi connectivity index (χ1) is 13.1. The lowest BCUT2D eigenvalue weighted by Gasteiger charge is -2.28. The minimum absolute atomic E-state index is 0.0120. The van der Waals surface area contributed by atoms with Crippen molar-refractivity contribution in [3.63, 3.8) is 0 Å². The summed E-state index contributed by atoms with van der Waals surface area (Å²) in [5.74, 6) is 0.692. The molecule has 6 heteroatoms. The summed E-state index contributed by atoms with van der Waals surface area (Å²) < 4.78 is 1.72. The molecule has 27 heavy (non-hydrogen) atoms. The molecule has 1 aliphatic carbocycles. The second kappa shape index (κ2) is 7.10. The first kappa shape index (κ1) is 17.6. The molecule has 0 saturated heterocycles. The Morgan fingerprint density at radius 3 is 2.59 bits per heavy atom. The van der Waals surface area contributed by atoms with E-state index in [4.69, 9.17) is 0 Å². The smallest absolute Gasteiger partial charge is 0.272 e. The molecule has 0 unspecified atom stereocenters. The van der Waals surface area contributed by atoms with Gasteiger partial charge in [-0.05, 0) is 42.4 Å². The molecule has 0 atom stereocenters. The number of hydrogen-bond donors (Lipinski definition) is 0. The molecular formula is C21H25N5O. The summed E-state index contributed by atoms with van der Waals surface area (Å²) in [6, 6.07) is 10.5. The first-order valence-corrected chi connectivity index (χ1v) is 9.67. The molecule has 140 valence electrons. The van der Waals surface area contributed by atoms with Crippen molar-refractivity contribution in [3.8, 4) is 0 Å². The Morgan fingerprint density at radius 2 is 1.96 bits per heavy atom. The summed E-state index contributed by atoms with van der Waals surface area (Å²) in [7, 11) is 0. The highest BCUT2D eigenvalue weighted by atomic mass is 16.2. The van der Waals surface area contributed by atoms with Crippen molar-refractivity contribution in [1.29, 1.82) is 0 Å². The third-order valence-electron chi connectivity index (χ3n) is 5.29. The number of hydrogen-bond acceptors (Lipinski definition) is 4. The van der Waals surface area contributed by atoms with Crippen molar-refractivity contribution < 1.29 is 4.79 Å². The van der Waals surface area contributed by atoms with Gasteiger partial charge in [0.1, 0.15) is 12.0 Å². The number of rotatable bonds is 5. The van der Waals surface area contributed by atoms with Crippen LogP contribution in [0.3, 0.4) is 0 Å². The molecule has 0 aliphatic heterocycles. The highest BCUT2D eigenvalue weighted by Gasteiger charge is 2.31. The molecule has 0 radical (unpaired) electrons. The number of nitrogens with zero attached hydrogens (tertiary/aromatic N) is 5. The van der Waals surface area contributed by atoms with Crippen molar-refractivity contribution in [1.82, 2.24) is 24.5 Å². The summed E-state index contributed by atoms with van der Waals surface area (Å²) in [6.07, 6.45) is 4.22. The van der Waals surface area contributed by atoms with E-state index in [1.165, 1.54) is 17.5 Å². The average Bonchev–Trinajstić information content (AvgIpc) is 3.30. The van der Waals surface area contributed by atoms with E-state index >= 15 is 0 Å². The number of amides is 1. The fourth-order valence-corrected chi connectivity index (χ4v) is 3.95. The Labute approximate surface area is 159 Å². The van der Waals surface area contributed by atoms with E-state index in [1.54, 1.807) is 4.52 Å². The van der Waals surface area contributed by atoms with Gasteiger partial charge in [0, 0.05) is 12.6 Å². The number of aromatic nitrogens is 4. The molecule has 1 aromatic carbocycles. The van der Waals surface area contributed by atoms with E-state index in [1.807, 2.05) is 11.0 Å². The Morgan fingerprint density at radius 1 is 1.26 bits per heavy atom. The number of benzene rings is 1. The van der Waals surface area contributed by atoms with Gasteiger partial charge in [-0.2, -0.15) is 10.1 Å². The third-order valence-corrected chi connectivity index (χ3v) is 5.29. The van der Waals surface area contributed by atoms with E-state index in [0.29, 0.717) is 11.5 Å². The number of fused-ring (bicyclic) bond motifs is 2. The van der Waals surface area contributed by atoms with E-state index in [0.717, 1.165) is 31.5 Å². The van der Waals surface area contributed by atoms with Gasteiger partial charge >= 0.3 is 0 Å². The molecule has 1 amide bonds. The topological polar surface area (TPSA) is 63.4 Å². The number of carbonyl (C=O) groups is 1. The lowest BCUT2D eigenvalue weighted by molar-refractivity contribution is 0.0678. The van der Waals surface area contributed by atoms with Crippen LogP contribution in [0.15, 0.2) is 36.7 Å². The second-order valence-corrected chi connectivity index (χ2v) is 7.52. The maximum atomic E-state index is 13.4. The van der Waals surface area contributed by atoms with E-state index in [-0.39, 0.29) is 17.9 Å². The summed E-state index contributed by atoms with van der Waals surface area (Å²) in [5.41, 5.74) is 4.11. The molecule has 6 nitrogen and oxygen atoms in total. The maximum Gasteiger partial charge on any atom is 0.272 e. The van der Waals surface area contributed by atoms with Gasteiger partial charge in [-0.25, -0.2) is 9.50 Å². The van der Waals surface area contributed by atoms with Crippen LogP contribution < -0.4 is 0 Å². The fraction of sp³-hybridized carbons (Fsp3) is 0.429. The van der Waals surface area contributed by atoms with E-state index in [9.17, 15) is 4.79 Å². The first-order valence-electron chi connectivity index (χ1n) is 9.67. The zero-order valence-electron chi connectivity index (χ0n) is 16.1. The van der Waals surface area contributed by atoms with Crippen LogP contribution in [0.2, 0.25) is 0 Å². The van der Waals surface area contributed by atoms with Crippen LogP contribution in [0.25, 0.3) is 5.78 Å². The molecular weight excluding hydrogens is 338 g/mol. The van der Waals surface area contributed by atoms with Crippen molar-refractivity contribution in [3.05, 3.63) is 59.2 Å². The van der Waals surface area contributed by atoms with Crippen molar-refractivity contribution in [2.45, 2.75) is 52.0 Å². The fourth-order valence-electron chi connectivity index (χ4n) is 3.95. The zero-order valence-corrected chi connectivity index (χ0v) is 16.1. The van der Waals surface area contributed by atoms with E-state index in [2.05, 4.69) is 60.1 Å². The van der Waals surface area contributed by atoms with Gasteiger partial charge in [0.2, 0.25) is 0 Å². The van der Waals surface area contributed by atoms with Gasteiger partial charge in [0.15, 0.2) is 0 Å². The normalized spacial score (nSPS) is 14.1. The number of carbonyl (C=O) groups excluding carboxylic acids is 1. The molecule has 4 rings (SSSR count). The molecule has 0 saturated carbocycles. The zero-order chi connectivity index (χ0) is 19.0. The monoisotopic (exact) mass is 363 g/mol. The van der Waals surface area contributed by atoms with Crippen LogP contribution in [-0.2, 0) is 12.8 Å². The van der Waals surface area contributed by atoms with Crippen molar-refractivity contribution >= 4 is 11.7 Å². The van der Waals surface area contributed by atoms with Gasteiger partial charge in [0.25, 0.3) is 11.7 Å². The molecule has 3 aromatic rings. The molecule has 1 aliphatic rings.